The Morgan fingerprint density at radius 1 is 1.36 bits per heavy atom. The Hall–Kier alpha value is -1.14. The SMILES string of the molecule is CCCC(C)(N)C(=O)NCCc1nnc2n1CCCCC2.Cl. The number of amides is 1. The number of aryl methyl sites for hydroxylation is 1. The predicted octanol–water partition coefficient (Wildman–Crippen LogP) is 1.60. The van der Waals surface area contributed by atoms with Crippen LogP contribution in [-0.4, -0.2) is 32.8 Å². The normalized spacial score (nSPS) is 16.9. The Morgan fingerprint density at radius 2 is 2.14 bits per heavy atom. The van der Waals surface area contributed by atoms with E-state index in [0.29, 0.717) is 19.4 Å². The summed E-state index contributed by atoms with van der Waals surface area (Å²) in [4.78, 5) is 12.0. The van der Waals surface area contributed by atoms with Crippen LogP contribution in [-0.2, 0) is 24.2 Å². The van der Waals surface area contributed by atoms with Gasteiger partial charge in [-0.3, -0.25) is 4.79 Å². The molecule has 1 amide bonds. The van der Waals surface area contributed by atoms with Crippen molar-refractivity contribution in [3.05, 3.63) is 11.6 Å². The molecular weight excluding hydrogens is 302 g/mol. The zero-order chi connectivity index (χ0) is 15.3. The molecule has 0 spiro atoms. The van der Waals surface area contributed by atoms with Crippen molar-refractivity contribution in [1.82, 2.24) is 20.1 Å². The van der Waals surface area contributed by atoms with Crippen LogP contribution in [0.5, 0.6) is 0 Å². The largest absolute Gasteiger partial charge is 0.354 e. The maximum Gasteiger partial charge on any atom is 0.239 e. The van der Waals surface area contributed by atoms with E-state index in [0.717, 1.165) is 31.0 Å². The maximum absolute atomic E-state index is 12.0. The van der Waals surface area contributed by atoms with E-state index in [2.05, 4.69) is 20.1 Å². The first kappa shape index (κ1) is 18.9. The number of nitrogens with one attached hydrogen (secondary N) is 1. The van der Waals surface area contributed by atoms with Crippen molar-refractivity contribution in [2.75, 3.05) is 6.54 Å². The van der Waals surface area contributed by atoms with Crippen LogP contribution in [0.1, 0.15) is 57.6 Å². The topological polar surface area (TPSA) is 85.8 Å². The minimum absolute atomic E-state index is 0. The number of carbonyl (C=O) groups is 1. The summed E-state index contributed by atoms with van der Waals surface area (Å²) in [5, 5.41) is 11.5. The van der Waals surface area contributed by atoms with E-state index in [9.17, 15) is 4.79 Å². The molecule has 126 valence electrons. The van der Waals surface area contributed by atoms with Gasteiger partial charge >= 0.3 is 0 Å². The van der Waals surface area contributed by atoms with E-state index in [1.165, 1.54) is 19.3 Å². The first-order chi connectivity index (χ1) is 10.0. The predicted molar refractivity (Wildman–Crippen MR) is 89.0 cm³/mol. The van der Waals surface area contributed by atoms with Crippen LogP contribution >= 0.6 is 12.4 Å². The monoisotopic (exact) mass is 329 g/mol. The van der Waals surface area contributed by atoms with Crippen molar-refractivity contribution in [3.8, 4) is 0 Å². The van der Waals surface area contributed by atoms with Gasteiger partial charge in [0.25, 0.3) is 0 Å². The van der Waals surface area contributed by atoms with Crippen molar-refractivity contribution in [3.63, 3.8) is 0 Å². The molecule has 2 rings (SSSR count). The van der Waals surface area contributed by atoms with E-state index in [1.807, 2.05) is 6.92 Å². The maximum atomic E-state index is 12.0. The van der Waals surface area contributed by atoms with Gasteiger partial charge in [-0.25, -0.2) is 0 Å². The molecule has 6 nitrogen and oxygen atoms in total. The van der Waals surface area contributed by atoms with Gasteiger partial charge < -0.3 is 15.6 Å². The zero-order valence-electron chi connectivity index (χ0n) is 13.6. The second kappa shape index (κ2) is 8.48. The number of halogens is 1. The number of hydrogen-bond acceptors (Lipinski definition) is 4. The summed E-state index contributed by atoms with van der Waals surface area (Å²) in [6, 6.07) is 0. The lowest BCUT2D eigenvalue weighted by Crippen LogP contribution is -2.51. The van der Waals surface area contributed by atoms with Crippen LogP contribution in [0.3, 0.4) is 0 Å². The smallest absolute Gasteiger partial charge is 0.239 e. The Kier molecular flexibility index (Phi) is 7.29. The second-order valence-electron chi connectivity index (χ2n) is 6.17. The molecule has 22 heavy (non-hydrogen) atoms. The van der Waals surface area contributed by atoms with Crippen molar-refractivity contribution < 1.29 is 4.79 Å². The Bertz CT molecular complexity index is 486. The molecular formula is C15H28ClN5O. The highest BCUT2D eigenvalue weighted by molar-refractivity contribution is 5.85. The number of rotatable bonds is 6. The first-order valence-corrected chi connectivity index (χ1v) is 8.02. The molecule has 0 aromatic carbocycles. The van der Waals surface area contributed by atoms with Gasteiger partial charge in [-0.2, -0.15) is 0 Å². The molecule has 0 saturated carbocycles. The summed E-state index contributed by atoms with van der Waals surface area (Å²) in [5.41, 5.74) is 5.24. The summed E-state index contributed by atoms with van der Waals surface area (Å²) in [6.07, 6.45) is 6.94. The molecule has 1 aromatic rings. The number of nitrogens with two attached hydrogens (primary N) is 1. The number of carbonyl (C=O) groups excluding carboxylic acids is 1. The lowest BCUT2D eigenvalue weighted by atomic mass is 9.96. The molecule has 1 atom stereocenters. The van der Waals surface area contributed by atoms with Gasteiger partial charge in [0.05, 0.1) is 5.54 Å². The molecule has 1 unspecified atom stereocenters. The summed E-state index contributed by atoms with van der Waals surface area (Å²) in [6.45, 7) is 5.38. The quantitative estimate of drug-likeness (QED) is 0.830. The molecule has 1 aliphatic heterocycles. The highest BCUT2D eigenvalue weighted by Crippen LogP contribution is 2.14. The Morgan fingerprint density at radius 3 is 2.86 bits per heavy atom. The fourth-order valence-corrected chi connectivity index (χ4v) is 2.85. The third kappa shape index (κ3) is 4.68. The van der Waals surface area contributed by atoms with E-state index in [1.54, 1.807) is 6.92 Å². The van der Waals surface area contributed by atoms with Gasteiger partial charge in [-0.05, 0) is 26.2 Å². The van der Waals surface area contributed by atoms with E-state index in [4.69, 9.17) is 5.73 Å². The third-order valence-corrected chi connectivity index (χ3v) is 4.11. The molecule has 0 aliphatic carbocycles. The second-order valence-corrected chi connectivity index (χ2v) is 6.17. The fraction of sp³-hybridized carbons (Fsp3) is 0.800. The van der Waals surface area contributed by atoms with Gasteiger partial charge in [0.15, 0.2) is 0 Å². The lowest BCUT2D eigenvalue weighted by molar-refractivity contribution is -0.126. The average molecular weight is 330 g/mol. The molecule has 0 saturated heterocycles. The molecule has 2 heterocycles. The zero-order valence-corrected chi connectivity index (χ0v) is 14.4. The van der Waals surface area contributed by atoms with Crippen LogP contribution in [0.2, 0.25) is 0 Å². The van der Waals surface area contributed by atoms with Crippen LogP contribution in [0.25, 0.3) is 0 Å². The van der Waals surface area contributed by atoms with Crippen LogP contribution < -0.4 is 11.1 Å². The number of nitrogens with zero attached hydrogens (tertiary/aromatic N) is 3. The van der Waals surface area contributed by atoms with Crippen LogP contribution in [0, 0.1) is 0 Å². The molecule has 0 fully saturated rings. The first-order valence-electron chi connectivity index (χ1n) is 8.02. The molecule has 1 aromatic heterocycles. The number of fused-ring (bicyclic) bond motifs is 1. The van der Waals surface area contributed by atoms with Crippen molar-refractivity contribution in [1.29, 1.82) is 0 Å². The van der Waals surface area contributed by atoms with Crippen LogP contribution in [0.15, 0.2) is 0 Å². The molecule has 1 aliphatic rings. The minimum Gasteiger partial charge on any atom is -0.354 e. The van der Waals surface area contributed by atoms with E-state index in [-0.39, 0.29) is 18.3 Å². The van der Waals surface area contributed by atoms with Gasteiger partial charge in [0.1, 0.15) is 11.6 Å². The summed E-state index contributed by atoms with van der Waals surface area (Å²) < 4.78 is 2.22. The molecule has 3 N–H and O–H groups in total. The van der Waals surface area contributed by atoms with Gasteiger partial charge in [-0.15, -0.1) is 22.6 Å². The van der Waals surface area contributed by atoms with E-state index < -0.39 is 5.54 Å². The van der Waals surface area contributed by atoms with Crippen molar-refractivity contribution in [2.45, 2.75) is 70.9 Å². The number of aromatic nitrogens is 3. The fourth-order valence-electron chi connectivity index (χ4n) is 2.85. The van der Waals surface area contributed by atoms with Gasteiger partial charge in [0.2, 0.25) is 5.91 Å². The van der Waals surface area contributed by atoms with Gasteiger partial charge in [0, 0.05) is 25.9 Å². The number of hydrogen-bond donors (Lipinski definition) is 2. The van der Waals surface area contributed by atoms with Crippen molar-refractivity contribution >= 4 is 18.3 Å². The summed E-state index contributed by atoms with van der Waals surface area (Å²) in [7, 11) is 0. The minimum atomic E-state index is -0.781. The van der Waals surface area contributed by atoms with Gasteiger partial charge in [-0.1, -0.05) is 19.8 Å². The standard InChI is InChI=1S/C15H27N5O.ClH/c1-3-9-15(2,16)14(21)17-10-8-13-19-18-12-7-5-4-6-11-20(12)13;/h3-11,16H2,1-2H3,(H,17,21);1H. The lowest BCUT2D eigenvalue weighted by Gasteiger charge is -2.22. The highest BCUT2D eigenvalue weighted by atomic mass is 35.5. The Balaban J connectivity index is 0.00000242. The summed E-state index contributed by atoms with van der Waals surface area (Å²) >= 11 is 0. The molecule has 0 radical (unpaired) electrons. The van der Waals surface area contributed by atoms with E-state index >= 15 is 0 Å². The third-order valence-electron chi connectivity index (χ3n) is 4.11. The summed E-state index contributed by atoms with van der Waals surface area (Å²) in [5.74, 6) is 1.98. The van der Waals surface area contributed by atoms with Crippen molar-refractivity contribution in [2.24, 2.45) is 5.73 Å². The molecule has 7 heteroatoms. The average Bonchev–Trinajstić information content (AvgIpc) is 2.67. The van der Waals surface area contributed by atoms with Crippen LogP contribution in [0.4, 0.5) is 0 Å². The molecule has 0 bridgehead atoms. The highest BCUT2D eigenvalue weighted by Gasteiger charge is 2.26. The Labute approximate surface area is 138 Å².